The Bertz CT molecular complexity index is 375. The highest BCUT2D eigenvalue weighted by molar-refractivity contribution is 5.75. The highest BCUT2D eigenvalue weighted by Gasteiger charge is 2.18. The molecular formula is C14H21NO3. The molecule has 2 atom stereocenters. The molecule has 1 aromatic carbocycles. The smallest absolute Gasteiger partial charge is 0.322 e. The third kappa shape index (κ3) is 3.74. The fourth-order valence-corrected chi connectivity index (χ4v) is 1.83. The Morgan fingerprint density at radius 2 is 1.89 bits per heavy atom. The zero-order valence-corrected chi connectivity index (χ0v) is 11.4. The molecule has 1 N–H and O–H groups in total. The van der Waals surface area contributed by atoms with E-state index < -0.39 is 0 Å². The van der Waals surface area contributed by atoms with E-state index in [1.54, 1.807) is 14.0 Å². The van der Waals surface area contributed by atoms with Gasteiger partial charge < -0.3 is 9.47 Å². The van der Waals surface area contributed by atoms with Gasteiger partial charge in [0.25, 0.3) is 0 Å². The number of esters is 1. The summed E-state index contributed by atoms with van der Waals surface area (Å²) >= 11 is 0. The van der Waals surface area contributed by atoms with Crippen LogP contribution >= 0.6 is 0 Å². The number of hydrogen-bond donors (Lipinski definition) is 1. The van der Waals surface area contributed by atoms with Gasteiger partial charge >= 0.3 is 5.97 Å². The lowest BCUT2D eigenvalue weighted by molar-refractivity contribution is -0.142. The molecule has 0 saturated carbocycles. The highest BCUT2D eigenvalue weighted by Crippen LogP contribution is 2.20. The van der Waals surface area contributed by atoms with Crippen LogP contribution in [-0.2, 0) is 9.53 Å². The summed E-state index contributed by atoms with van der Waals surface area (Å²) in [7, 11) is 3.04. The van der Waals surface area contributed by atoms with E-state index in [0.717, 1.165) is 17.7 Å². The van der Waals surface area contributed by atoms with E-state index in [1.807, 2.05) is 24.3 Å². The van der Waals surface area contributed by atoms with Crippen LogP contribution in [0.15, 0.2) is 24.3 Å². The van der Waals surface area contributed by atoms with Crippen molar-refractivity contribution in [3.8, 4) is 5.75 Å². The van der Waals surface area contributed by atoms with Crippen molar-refractivity contribution >= 4 is 5.97 Å². The van der Waals surface area contributed by atoms with Crippen molar-refractivity contribution in [1.82, 2.24) is 5.32 Å². The molecule has 0 aromatic heterocycles. The van der Waals surface area contributed by atoms with Crippen molar-refractivity contribution in [2.24, 2.45) is 0 Å². The van der Waals surface area contributed by atoms with Crippen LogP contribution < -0.4 is 10.1 Å². The second kappa shape index (κ2) is 7.01. The van der Waals surface area contributed by atoms with Crippen LogP contribution in [0.5, 0.6) is 5.75 Å². The van der Waals surface area contributed by atoms with Crippen molar-refractivity contribution in [3.63, 3.8) is 0 Å². The number of rotatable bonds is 6. The topological polar surface area (TPSA) is 47.6 Å². The zero-order chi connectivity index (χ0) is 13.5. The van der Waals surface area contributed by atoms with E-state index >= 15 is 0 Å². The molecule has 1 rings (SSSR count). The van der Waals surface area contributed by atoms with Crippen molar-refractivity contribution in [1.29, 1.82) is 0 Å². The van der Waals surface area contributed by atoms with Gasteiger partial charge in [-0.1, -0.05) is 19.1 Å². The third-order valence-corrected chi connectivity index (χ3v) is 2.93. The van der Waals surface area contributed by atoms with E-state index in [0.29, 0.717) is 0 Å². The number of hydrogen-bond acceptors (Lipinski definition) is 4. The molecule has 4 heteroatoms. The van der Waals surface area contributed by atoms with Gasteiger partial charge in [-0.15, -0.1) is 0 Å². The molecular weight excluding hydrogens is 230 g/mol. The van der Waals surface area contributed by atoms with Crippen LogP contribution in [0, 0.1) is 0 Å². The molecule has 0 aliphatic heterocycles. The molecule has 0 saturated heterocycles. The quantitative estimate of drug-likeness (QED) is 0.788. The van der Waals surface area contributed by atoms with Crippen molar-refractivity contribution in [2.45, 2.75) is 32.4 Å². The molecule has 0 aliphatic rings. The van der Waals surface area contributed by atoms with Crippen molar-refractivity contribution < 1.29 is 14.3 Å². The number of ether oxygens (including phenoxy) is 2. The van der Waals surface area contributed by atoms with Gasteiger partial charge in [0.2, 0.25) is 0 Å². The van der Waals surface area contributed by atoms with Crippen molar-refractivity contribution in [3.05, 3.63) is 29.8 Å². The first-order valence-electron chi connectivity index (χ1n) is 6.10. The van der Waals surface area contributed by atoms with Crippen LogP contribution in [0.2, 0.25) is 0 Å². The average molecular weight is 251 g/mol. The summed E-state index contributed by atoms with van der Waals surface area (Å²) in [4.78, 5) is 11.4. The fourth-order valence-electron chi connectivity index (χ4n) is 1.83. The molecule has 2 unspecified atom stereocenters. The van der Waals surface area contributed by atoms with E-state index in [2.05, 4.69) is 12.2 Å². The molecule has 0 heterocycles. The van der Waals surface area contributed by atoms with Gasteiger partial charge in [-0.2, -0.15) is 0 Å². The van der Waals surface area contributed by atoms with Crippen molar-refractivity contribution in [2.75, 3.05) is 14.2 Å². The number of benzene rings is 1. The zero-order valence-electron chi connectivity index (χ0n) is 11.4. The van der Waals surface area contributed by atoms with Crippen LogP contribution in [0.25, 0.3) is 0 Å². The SMILES string of the molecule is CCC(NC(C)C(=O)OC)c1ccc(OC)cc1. The van der Waals surface area contributed by atoms with Gasteiger partial charge in [-0.05, 0) is 31.0 Å². The summed E-state index contributed by atoms with van der Waals surface area (Å²) in [5, 5.41) is 3.26. The Balaban J connectivity index is 2.73. The Morgan fingerprint density at radius 1 is 1.28 bits per heavy atom. The standard InChI is InChI=1S/C14H21NO3/c1-5-13(15-10(2)14(16)18-4)11-6-8-12(17-3)9-7-11/h6-10,13,15H,5H2,1-4H3. The minimum Gasteiger partial charge on any atom is -0.497 e. The van der Waals surface area contributed by atoms with E-state index in [1.165, 1.54) is 7.11 Å². The largest absolute Gasteiger partial charge is 0.497 e. The lowest BCUT2D eigenvalue weighted by atomic mass is 10.0. The molecule has 0 aliphatic carbocycles. The Hall–Kier alpha value is -1.55. The van der Waals surface area contributed by atoms with E-state index in [9.17, 15) is 4.79 Å². The van der Waals surface area contributed by atoms with Gasteiger partial charge in [0.15, 0.2) is 0 Å². The first-order valence-corrected chi connectivity index (χ1v) is 6.10. The summed E-state index contributed by atoms with van der Waals surface area (Å²) in [5.74, 6) is 0.580. The lowest BCUT2D eigenvalue weighted by Crippen LogP contribution is -2.37. The minimum absolute atomic E-state index is 0.130. The maximum absolute atomic E-state index is 11.4. The second-order valence-electron chi connectivity index (χ2n) is 4.15. The van der Waals surface area contributed by atoms with Gasteiger partial charge in [0.05, 0.1) is 14.2 Å². The first kappa shape index (κ1) is 14.5. The lowest BCUT2D eigenvalue weighted by Gasteiger charge is -2.21. The van der Waals surface area contributed by atoms with E-state index in [4.69, 9.17) is 9.47 Å². The van der Waals surface area contributed by atoms with Gasteiger partial charge in [-0.3, -0.25) is 10.1 Å². The molecule has 1 aromatic rings. The molecule has 0 bridgehead atoms. The summed E-state index contributed by atoms with van der Waals surface area (Å²) in [5.41, 5.74) is 1.13. The van der Waals surface area contributed by atoms with Gasteiger partial charge in [0.1, 0.15) is 11.8 Å². The third-order valence-electron chi connectivity index (χ3n) is 2.93. The number of carbonyl (C=O) groups excluding carboxylic acids is 1. The van der Waals surface area contributed by atoms with Crippen LogP contribution in [-0.4, -0.2) is 26.2 Å². The van der Waals surface area contributed by atoms with Crippen LogP contribution in [0.3, 0.4) is 0 Å². The fraction of sp³-hybridized carbons (Fsp3) is 0.500. The van der Waals surface area contributed by atoms with E-state index in [-0.39, 0.29) is 18.1 Å². The number of methoxy groups -OCH3 is 2. The van der Waals surface area contributed by atoms with Crippen LogP contribution in [0.1, 0.15) is 31.9 Å². The Kier molecular flexibility index (Phi) is 5.65. The molecule has 100 valence electrons. The molecule has 0 fully saturated rings. The summed E-state index contributed by atoms with van der Waals surface area (Å²) < 4.78 is 9.83. The maximum Gasteiger partial charge on any atom is 0.322 e. The predicted molar refractivity (Wildman–Crippen MR) is 70.6 cm³/mol. The molecule has 0 amide bonds. The minimum atomic E-state index is -0.318. The Labute approximate surface area is 108 Å². The van der Waals surface area contributed by atoms with Crippen LogP contribution in [0.4, 0.5) is 0 Å². The van der Waals surface area contributed by atoms with Gasteiger partial charge in [-0.25, -0.2) is 0 Å². The predicted octanol–water partition coefficient (Wildman–Crippen LogP) is 2.30. The normalized spacial score (nSPS) is 13.8. The number of nitrogens with one attached hydrogen (secondary N) is 1. The molecule has 0 radical (unpaired) electrons. The summed E-state index contributed by atoms with van der Waals surface area (Å²) in [6.45, 7) is 3.88. The maximum atomic E-state index is 11.4. The summed E-state index contributed by atoms with van der Waals surface area (Å²) in [6, 6.07) is 7.66. The monoisotopic (exact) mass is 251 g/mol. The average Bonchev–Trinajstić information content (AvgIpc) is 2.43. The Morgan fingerprint density at radius 3 is 2.33 bits per heavy atom. The highest BCUT2D eigenvalue weighted by atomic mass is 16.5. The first-order chi connectivity index (χ1) is 8.62. The molecule has 18 heavy (non-hydrogen) atoms. The molecule has 0 spiro atoms. The number of carbonyl (C=O) groups is 1. The second-order valence-corrected chi connectivity index (χ2v) is 4.15. The molecule has 4 nitrogen and oxygen atoms in total. The summed E-state index contributed by atoms with van der Waals surface area (Å²) in [6.07, 6.45) is 0.896. The van der Waals surface area contributed by atoms with Gasteiger partial charge in [0, 0.05) is 6.04 Å².